The molecule has 2 aliphatic heterocycles. The summed E-state index contributed by atoms with van der Waals surface area (Å²) in [5.74, 6) is 0.516. The van der Waals surface area contributed by atoms with Gasteiger partial charge in [-0.2, -0.15) is 0 Å². The zero-order chi connectivity index (χ0) is 49.3. The van der Waals surface area contributed by atoms with E-state index in [1.54, 1.807) is 54.6 Å². The number of aromatic nitrogens is 12. The van der Waals surface area contributed by atoms with Crippen molar-refractivity contribution in [2.24, 2.45) is 0 Å². The summed E-state index contributed by atoms with van der Waals surface area (Å²) in [7, 11) is 0. The standard InChI is InChI=1S/C24H17ClFN7O2.C18H15ClFN3O.C6H3ClN4O/c25-15-6-2-7-16-18(15)24(35)33(14-5-1-4-13(26)10-14)21(31-16)17-8-3-9-32(17)22-19-20(27-11-29-22)28-12-30-23(19)34;19-13-6-2-7-14-16(13)18(24)23(12-5-1-4-11(20)10-12)17(22-14)15-8-3-9-21-15;7-4-3-5(9-1-8-4)10-2-11-6(3)12/h1-2,4-7,10-12,17H,3,8-9H2,(H,27,28,29,30,34);1-2,4-7,10,15,21H,3,8-9H2;1-2H,(H,8,9,10,11,12)/t17-;15-;/m00./s1. The first-order valence-corrected chi connectivity index (χ1v) is 23.1. The minimum atomic E-state index is -0.484. The summed E-state index contributed by atoms with van der Waals surface area (Å²) in [5, 5.41) is 5.17. The van der Waals surface area contributed by atoms with Gasteiger partial charge >= 0.3 is 0 Å². The third-order valence-corrected chi connectivity index (χ3v) is 12.8. The van der Waals surface area contributed by atoms with Crippen molar-refractivity contribution < 1.29 is 8.78 Å². The van der Waals surface area contributed by atoms with Crippen LogP contribution >= 0.6 is 34.8 Å². The second-order valence-electron chi connectivity index (χ2n) is 16.2. The lowest BCUT2D eigenvalue weighted by molar-refractivity contribution is 0.581. The van der Waals surface area contributed by atoms with Crippen molar-refractivity contribution in [1.82, 2.24) is 64.3 Å². The van der Waals surface area contributed by atoms with Gasteiger partial charge in [0.05, 0.1) is 68.0 Å². The molecule has 2 aliphatic rings. The number of nitrogens with one attached hydrogen (secondary N) is 3. The van der Waals surface area contributed by atoms with Gasteiger partial charge in [-0.25, -0.2) is 48.7 Å². The highest BCUT2D eigenvalue weighted by Crippen LogP contribution is 2.37. The molecule has 10 aromatic rings. The van der Waals surface area contributed by atoms with Crippen LogP contribution in [0.3, 0.4) is 0 Å². The van der Waals surface area contributed by atoms with Gasteiger partial charge in [-0.05, 0) is 92.9 Å². The Hall–Kier alpha value is -7.91. The monoisotopic (exact) mass is 1010 g/mol. The van der Waals surface area contributed by atoms with Crippen LogP contribution in [0.1, 0.15) is 49.4 Å². The highest BCUT2D eigenvalue weighted by atomic mass is 35.5. The van der Waals surface area contributed by atoms with E-state index in [1.807, 2.05) is 4.90 Å². The molecule has 0 radical (unpaired) electrons. The fourth-order valence-electron chi connectivity index (χ4n) is 8.78. The number of H-pyrrole nitrogens is 2. The zero-order valence-corrected chi connectivity index (χ0v) is 39.0. The predicted molar refractivity (Wildman–Crippen MR) is 265 cm³/mol. The fourth-order valence-corrected chi connectivity index (χ4v) is 9.49. The van der Waals surface area contributed by atoms with Crippen LogP contribution in [0.2, 0.25) is 15.2 Å². The molecule has 12 rings (SSSR count). The van der Waals surface area contributed by atoms with Crippen LogP contribution in [0, 0.1) is 11.6 Å². The third-order valence-electron chi connectivity index (χ3n) is 11.9. The van der Waals surface area contributed by atoms with E-state index in [2.05, 4.69) is 50.2 Å². The number of hydrogen-bond acceptors (Lipinski definition) is 14. The minimum absolute atomic E-state index is 0.0376. The van der Waals surface area contributed by atoms with Gasteiger partial charge in [0.1, 0.15) is 57.7 Å². The average molecular weight is 1020 g/mol. The van der Waals surface area contributed by atoms with Crippen LogP contribution in [0.4, 0.5) is 14.6 Å². The van der Waals surface area contributed by atoms with Crippen molar-refractivity contribution in [2.75, 3.05) is 18.0 Å². The van der Waals surface area contributed by atoms with Crippen molar-refractivity contribution in [2.45, 2.75) is 37.8 Å². The Labute approximate surface area is 413 Å². The summed E-state index contributed by atoms with van der Waals surface area (Å²) in [6.45, 7) is 1.44. The van der Waals surface area contributed by atoms with Crippen molar-refractivity contribution in [3.05, 3.63) is 190 Å². The molecule has 2 atom stereocenters. The van der Waals surface area contributed by atoms with Gasteiger partial charge in [0, 0.05) is 6.54 Å². The average Bonchev–Trinajstić information content (AvgIpc) is 4.09. The molecule has 18 nitrogen and oxygen atoms in total. The lowest BCUT2D eigenvalue weighted by Crippen LogP contribution is -2.32. The maximum absolute atomic E-state index is 14.2. The summed E-state index contributed by atoms with van der Waals surface area (Å²) in [4.78, 5) is 91.0. The Kier molecular flexibility index (Phi) is 13.1. The normalized spacial score (nSPS) is 15.5. The first-order chi connectivity index (χ1) is 34.5. The Morgan fingerprint density at radius 1 is 0.577 bits per heavy atom. The molecule has 0 bridgehead atoms. The van der Waals surface area contributed by atoms with E-state index in [9.17, 15) is 28.0 Å². The Bertz CT molecular complexity index is 3930. The van der Waals surface area contributed by atoms with Gasteiger partial charge in [0.2, 0.25) is 0 Å². The summed E-state index contributed by atoms with van der Waals surface area (Å²) in [6.07, 6.45) is 8.47. The van der Waals surface area contributed by atoms with Gasteiger partial charge in [-0.1, -0.05) is 59.1 Å². The van der Waals surface area contributed by atoms with E-state index in [1.165, 1.54) is 64.8 Å². The Balaban J connectivity index is 0.000000139. The molecule has 3 N–H and O–H groups in total. The molecular weight excluding hydrogens is 981 g/mol. The lowest BCUT2D eigenvalue weighted by atomic mass is 10.1. The highest BCUT2D eigenvalue weighted by Gasteiger charge is 2.34. The van der Waals surface area contributed by atoms with Crippen molar-refractivity contribution in [3.8, 4) is 11.4 Å². The molecule has 0 spiro atoms. The maximum atomic E-state index is 14.2. The molecule has 71 heavy (non-hydrogen) atoms. The van der Waals surface area contributed by atoms with Crippen LogP contribution < -0.4 is 32.5 Å². The molecule has 23 heteroatoms. The molecule has 4 aromatic carbocycles. The first-order valence-electron chi connectivity index (χ1n) is 21.9. The number of aromatic amines is 2. The molecule has 0 unspecified atom stereocenters. The van der Waals surface area contributed by atoms with E-state index >= 15 is 0 Å². The second-order valence-corrected chi connectivity index (χ2v) is 17.3. The van der Waals surface area contributed by atoms with Crippen LogP contribution in [0.5, 0.6) is 0 Å². The van der Waals surface area contributed by atoms with Crippen LogP contribution in [-0.4, -0.2) is 72.1 Å². The molecule has 8 heterocycles. The van der Waals surface area contributed by atoms with Crippen LogP contribution in [-0.2, 0) is 0 Å². The van der Waals surface area contributed by atoms with Gasteiger partial charge in [-0.3, -0.25) is 28.3 Å². The smallest absolute Gasteiger partial charge is 0.267 e. The second kappa shape index (κ2) is 19.8. The van der Waals surface area contributed by atoms with E-state index in [0.717, 1.165) is 25.8 Å². The van der Waals surface area contributed by atoms with Gasteiger partial charge in [0.25, 0.3) is 22.2 Å². The summed E-state index contributed by atoms with van der Waals surface area (Å²) in [5.41, 5.74) is 0.982. The molecule has 2 saturated heterocycles. The van der Waals surface area contributed by atoms with Crippen molar-refractivity contribution in [1.29, 1.82) is 0 Å². The minimum Gasteiger partial charge on any atom is -0.346 e. The maximum Gasteiger partial charge on any atom is 0.267 e. The molecule has 0 amide bonds. The van der Waals surface area contributed by atoms with Crippen LogP contribution in [0.25, 0.3) is 55.2 Å². The molecule has 0 aliphatic carbocycles. The molecule has 0 saturated carbocycles. The summed E-state index contributed by atoms with van der Waals surface area (Å²) < 4.78 is 30.8. The van der Waals surface area contributed by atoms with E-state index in [0.29, 0.717) is 68.9 Å². The number of halogens is 5. The van der Waals surface area contributed by atoms with E-state index < -0.39 is 23.2 Å². The van der Waals surface area contributed by atoms with Crippen molar-refractivity contribution in [3.63, 3.8) is 0 Å². The molecule has 356 valence electrons. The highest BCUT2D eigenvalue weighted by molar-refractivity contribution is 6.35. The number of fused-ring (bicyclic) bond motifs is 4. The third kappa shape index (κ3) is 9.09. The quantitative estimate of drug-likeness (QED) is 0.142. The largest absolute Gasteiger partial charge is 0.346 e. The van der Waals surface area contributed by atoms with Gasteiger partial charge < -0.3 is 20.2 Å². The molecule has 6 aromatic heterocycles. The molecule has 2 fully saturated rings. The number of nitrogens with zero attached hydrogens (tertiary/aromatic N) is 11. The van der Waals surface area contributed by atoms with E-state index in [-0.39, 0.29) is 54.7 Å². The predicted octanol–water partition coefficient (Wildman–Crippen LogP) is 7.52. The van der Waals surface area contributed by atoms with Gasteiger partial charge in [-0.15, -0.1) is 0 Å². The molecular formula is C48H35Cl3F2N14O4. The Morgan fingerprint density at radius 3 is 1.70 bits per heavy atom. The fraction of sp³-hybridized carbons (Fsp3) is 0.167. The number of hydrogen-bond donors (Lipinski definition) is 3. The summed E-state index contributed by atoms with van der Waals surface area (Å²) in [6, 6.07) is 21.6. The number of benzene rings is 4. The number of anilines is 1. The lowest BCUT2D eigenvalue weighted by Gasteiger charge is -2.28. The first kappa shape index (κ1) is 46.8. The summed E-state index contributed by atoms with van der Waals surface area (Å²) >= 11 is 18.2. The van der Waals surface area contributed by atoms with Crippen LogP contribution in [0.15, 0.2) is 129 Å². The number of rotatable bonds is 5. The Morgan fingerprint density at radius 2 is 1.13 bits per heavy atom. The van der Waals surface area contributed by atoms with E-state index in [4.69, 9.17) is 39.8 Å². The van der Waals surface area contributed by atoms with Gasteiger partial charge in [0.15, 0.2) is 11.3 Å². The zero-order valence-electron chi connectivity index (χ0n) is 36.7. The van der Waals surface area contributed by atoms with Crippen molar-refractivity contribution >= 4 is 84.5 Å². The topological polar surface area (TPSA) is 228 Å². The SMILES string of the molecule is O=c1[nH]cnc2ncnc(Cl)c12.O=c1[nH]cnc2ncnc(N3CCC[C@H]3c3nc4cccc(Cl)c4c(=O)n3-c3cccc(F)c3)c12.O=c1c2c(Cl)cccc2nc([C@@H]2CCCN2)n1-c1cccc(F)c1.